The van der Waals surface area contributed by atoms with E-state index in [4.69, 9.17) is 9.47 Å². The number of nitro benzene ring substituents is 1. The average Bonchev–Trinajstić information content (AvgIpc) is 2.84. The van der Waals surface area contributed by atoms with Gasteiger partial charge in [-0.05, 0) is 61.0 Å². The van der Waals surface area contributed by atoms with Crippen LogP contribution < -0.4 is 14.9 Å². The van der Waals surface area contributed by atoms with Crippen molar-refractivity contribution in [1.29, 1.82) is 0 Å². The number of benzene rings is 3. The molecule has 3 aromatic rings. The Morgan fingerprint density at radius 1 is 1.06 bits per heavy atom. The van der Waals surface area contributed by atoms with Crippen molar-refractivity contribution in [3.05, 3.63) is 98.0 Å². The number of halogens is 1. The third kappa shape index (κ3) is 6.72. The van der Waals surface area contributed by atoms with E-state index in [0.717, 1.165) is 6.42 Å². The van der Waals surface area contributed by atoms with Crippen molar-refractivity contribution in [2.45, 2.75) is 13.3 Å². The van der Waals surface area contributed by atoms with E-state index >= 15 is 0 Å². The fraction of sp³-hybridized carbons (Fsp3) is 0.125. The van der Waals surface area contributed by atoms with Gasteiger partial charge in [-0.3, -0.25) is 14.9 Å². The van der Waals surface area contributed by atoms with Gasteiger partial charge in [-0.25, -0.2) is 10.2 Å². The van der Waals surface area contributed by atoms with Crippen molar-refractivity contribution in [3.8, 4) is 11.5 Å². The summed E-state index contributed by atoms with van der Waals surface area (Å²) in [4.78, 5) is 35.0. The summed E-state index contributed by atoms with van der Waals surface area (Å²) in [7, 11) is 0. The first-order valence-corrected chi connectivity index (χ1v) is 11.0. The van der Waals surface area contributed by atoms with Crippen LogP contribution in [0.4, 0.5) is 5.69 Å². The topological polar surface area (TPSA) is 120 Å². The number of nitro groups is 1. The molecule has 1 amide bonds. The molecule has 3 rings (SSSR count). The van der Waals surface area contributed by atoms with Gasteiger partial charge in [0, 0.05) is 27.7 Å². The van der Waals surface area contributed by atoms with Crippen molar-refractivity contribution in [2.24, 2.45) is 5.10 Å². The lowest BCUT2D eigenvalue weighted by Gasteiger charge is -2.09. The summed E-state index contributed by atoms with van der Waals surface area (Å²) < 4.78 is 11.7. The monoisotopic (exact) mass is 525 g/mol. The molecule has 34 heavy (non-hydrogen) atoms. The molecular formula is C24H20BrN3O6. The maximum absolute atomic E-state index is 12.6. The molecule has 0 unspecified atom stereocenters. The van der Waals surface area contributed by atoms with Crippen LogP contribution in [0.1, 0.15) is 39.6 Å². The zero-order valence-electron chi connectivity index (χ0n) is 18.1. The Bertz CT molecular complexity index is 1210. The van der Waals surface area contributed by atoms with Gasteiger partial charge in [-0.15, -0.1) is 0 Å². The Labute approximate surface area is 203 Å². The van der Waals surface area contributed by atoms with Gasteiger partial charge in [0.25, 0.3) is 11.6 Å². The fourth-order valence-corrected chi connectivity index (χ4v) is 3.12. The molecule has 0 aromatic heterocycles. The normalized spacial score (nSPS) is 10.6. The molecule has 0 aliphatic carbocycles. The summed E-state index contributed by atoms with van der Waals surface area (Å²) in [6, 6.07) is 16.7. The molecule has 0 radical (unpaired) electrons. The number of esters is 1. The number of non-ortho nitro benzene ring substituents is 1. The number of nitrogens with zero attached hydrogens (tertiary/aromatic N) is 2. The molecule has 0 fully saturated rings. The number of rotatable bonds is 9. The van der Waals surface area contributed by atoms with E-state index in [1.165, 1.54) is 30.5 Å². The van der Waals surface area contributed by atoms with Gasteiger partial charge in [0.2, 0.25) is 0 Å². The van der Waals surface area contributed by atoms with Gasteiger partial charge in [0.1, 0.15) is 11.5 Å². The lowest BCUT2D eigenvalue weighted by molar-refractivity contribution is -0.384. The van der Waals surface area contributed by atoms with E-state index in [1.54, 1.807) is 42.5 Å². The number of carbonyl (C=O) groups excluding carboxylic acids is 2. The van der Waals surface area contributed by atoms with Gasteiger partial charge in [-0.2, -0.15) is 5.10 Å². The zero-order chi connectivity index (χ0) is 24.5. The molecule has 9 nitrogen and oxygen atoms in total. The molecule has 0 spiro atoms. The van der Waals surface area contributed by atoms with E-state index in [9.17, 15) is 19.7 Å². The number of ether oxygens (including phenoxy) is 2. The maximum atomic E-state index is 12.6. The Balaban J connectivity index is 1.68. The summed E-state index contributed by atoms with van der Waals surface area (Å²) in [6.07, 6.45) is 2.21. The summed E-state index contributed by atoms with van der Waals surface area (Å²) in [6.45, 7) is 2.60. The second-order valence-electron chi connectivity index (χ2n) is 6.95. The fourth-order valence-electron chi connectivity index (χ4n) is 2.74. The SMILES string of the molecule is CCCOc1ccc(C(=O)Oc2ccc(Br)cc2C=NNC(=O)c2ccc([N+](=O)[O-])cc2)cc1. The quantitative estimate of drug-likeness (QED) is 0.136. The highest BCUT2D eigenvalue weighted by molar-refractivity contribution is 9.10. The number of nitrogens with one attached hydrogen (secondary N) is 1. The van der Waals surface area contributed by atoms with Crippen LogP contribution in [0, 0.1) is 10.1 Å². The lowest BCUT2D eigenvalue weighted by Crippen LogP contribution is -2.17. The molecule has 0 heterocycles. The molecule has 0 atom stereocenters. The number of amides is 1. The molecule has 10 heteroatoms. The van der Waals surface area contributed by atoms with Gasteiger partial charge >= 0.3 is 5.97 Å². The highest BCUT2D eigenvalue weighted by Crippen LogP contribution is 2.23. The van der Waals surface area contributed by atoms with Crippen LogP contribution in [0.5, 0.6) is 11.5 Å². The highest BCUT2D eigenvalue weighted by atomic mass is 79.9. The van der Waals surface area contributed by atoms with E-state index in [1.807, 2.05) is 6.92 Å². The van der Waals surface area contributed by atoms with E-state index in [-0.39, 0.29) is 17.0 Å². The molecular weight excluding hydrogens is 506 g/mol. The number of hydrogen-bond acceptors (Lipinski definition) is 7. The molecule has 174 valence electrons. The summed E-state index contributed by atoms with van der Waals surface area (Å²) >= 11 is 3.35. The number of hydrogen-bond donors (Lipinski definition) is 1. The van der Waals surface area contributed by atoms with Crippen molar-refractivity contribution in [3.63, 3.8) is 0 Å². The zero-order valence-corrected chi connectivity index (χ0v) is 19.7. The van der Waals surface area contributed by atoms with Crippen molar-refractivity contribution in [1.82, 2.24) is 5.43 Å². The first-order valence-electron chi connectivity index (χ1n) is 10.2. The van der Waals surface area contributed by atoms with Crippen LogP contribution >= 0.6 is 15.9 Å². The van der Waals surface area contributed by atoms with Crippen LogP contribution in [-0.4, -0.2) is 29.6 Å². The molecule has 0 aliphatic heterocycles. The maximum Gasteiger partial charge on any atom is 0.343 e. The van der Waals surface area contributed by atoms with Gasteiger partial charge in [-0.1, -0.05) is 22.9 Å². The largest absolute Gasteiger partial charge is 0.494 e. The van der Waals surface area contributed by atoms with E-state index in [0.29, 0.717) is 28.0 Å². The van der Waals surface area contributed by atoms with Gasteiger partial charge in [0.15, 0.2) is 0 Å². The lowest BCUT2D eigenvalue weighted by atomic mass is 10.2. The van der Waals surface area contributed by atoms with E-state index in [2.05, 4.69) is 26.5 Å². The predicted octanol–water partition coefficient (Wildman–Crippen LogP) is 5.13. The minimum Gasteiger partial charge on any atom is -0.494 e. The smallest absolute Gasteiger partial charge is 0.343 e. The van der Waals surface area contributed by atoms with Crippen LogP contribution in [-0.2, 0) is 0 Å². The molecule has 0 bridgehead atoms. The summed E-state index contributed by atoms with van der Waals surface area (Å²) in [5, 5.41) is 14.6. The average molecular weight is 526 g/mol. The van der Waals surface area contributed by atoms with Crippen molar-refractivity contribution < 1.29 is 24.0 Å². The number of hydrazone groups is 1. The third-order valence-corrected chi connectivity index (χ3v) is 4.94. The van der Waals surface area contributed by atoms with Crippen molar-refractivity contribution in [2.75, 3.05) is 6.61 Å². The Kier molecular flexibility index (Phi) is 8.47. The van der Waals surface area contributed by atoms with Gasteiger partial charge < -0.3 is 9.47 Å². The van der Waals surface area contributed by atoms with Crippen LogP contribution in [0.15, 0.2) is 76.3 Å². The molecule has 3 aromatic carbocycles. The van der Waals surface area contributed by atoms with E-state index < -0.39 is 16.8 Å². The molecule has 0 saturated carbocycles. The van der Waals surface area contributed by atoms with Crippen LogP contribution in [0.25, 0.3) is 0 Å². The molecule has 0 aliphatic rings. The third-order valence-electron chi connectivity index (χ3n) is 4.45. The minimum absolute atomic E-state index is 0.122. The molecule has 0 saturated heterocycles. The van der Waals surface area contributed by atoms with Crippen LogP contribution in [0.2, 0.25) is 0 Å². The number of carbonyl (C=O) groups is 2. The predicted molar refractivity (Wildman–Crippen MR) is 129 cm³/mol. The summed E-state index contributed by atoms with van der Waals surface area (Å²) in [5.41, 5.74) is 3.21. The minimum atomic E-state index is -0.561. The second kappa shape index (κ2) is 11.7. The Morgan fingerprint density at radius 2 is 1.74 bits per heavy atom. The molecule has 1 N–H and O–H groups in total. The van der Waals surface area contributed by atoms with Gasteiger partial charge in [0.05, 0.1) is 23.3 Å². The first-order chi connectivity index (χ1) is 16.4. The Morgan fingerprint density at radius 3 is 2.38 bits per heavy atom. The highest BCUT2D eigenvalue weighted by Gasteiger charge is 2.13. The Hall–Kier alpha value is -4.05. The summed E-state index contributed by atoms with van der Waals surface area (Å²) in [5.74, 6) is -0.203. The standard InChI is InChI=1S/C24H20BrN3O6/c1-2-13-33-21-10-5-17(6-11-21)24(30)34-22-12-7-19(25)14-18(22)15-26-27-23(29)16-3-8-20(9-4-16)28(31)32/h3-12,14-15H,2,13H2,1H3,(H,27,29). The first kappa shape index (κ1) is 24.6. The van der Waals surface area contributed by atoms with Crippen molar-refractivity contribution >= 4 is 39.7 Å². The van der Waals surface area contributed by atoms with Crippen LogP contribution in [0.3, 0.4) is 0 Å². The second-order valence-corrected chi connectivity index (χ2v) is 7.86.